The Kier molecular flexibility index (Phi) is 7.21. The van der Waals surface area contributed by atoms with Gasteiger partial charge in [-0.15, -0.1) is 0 Å². The van der Waals surface area contributed by atoms with Gasteiger partial charge in [0.15, 0.2) is 17.3 Å². The highest BCUT2D eigenvalue weighted by Crippen LogP contribution is 2.34. The topological polar surface area (TPSA) is 142 Å². The van der Waals surface area contributed by atoms with E-state index >= 15 is 4.39 Å². The van der Waals surface area contributed by atoms with E-state index in [1.807, 2.05) is 13.0 Å². The summed E-state index contributed by atoms with van der Waals surface area (Å²) < 4.78 is 53.9. The Morgan fingerprint density at radius 2 is 1.81 bits per heavy atom. The zero-order valence-electron chi connectivity index (χ0n) is 22.7. The second-order valence-corrected chi connectivity index (χ2v) is 12.3. The summed E-state index contributed by atoms with van der Waals surface area (Å²) in [6, 6.07) is 7.97. The predicted octanol–water partition coefficient (Wildman–Crippen LogP) is 4.60. The molecule has 6 aromatic rings. The van der Waals surface area contributed by atoms with Gasteiger partial charge in [-0.25, -0.2) is 27.2 Å². The first-order chi connectivity index (χ1) is 20.2. The van der Waals surface area contributed by atoms with Crippen LogP contribution in [0.2, 0.25) is 0 Å². The number of H-pyrrole nitrogens is 2. The summed E-state index contributed by atoms with van der Waals surface area (Å²) in [5, 5.41) is 10.6. The smallest absolute Gasteiger partial charge is 0.178 e. The van der Waals surface area contributed by atoms with Crippen molar-refractivity contribution in [1.29, 1.82) is 0 Å². The number of nitrogens with one attached hydrogen (secondary N) is 3. The van der Waals surface area contributed by atoms with E-state index in [2.05, 4.69) is 40.4 Å². The number of sulfone groups is 1. The van der Waals surface area contributed by atoms with E-state index in [0.717, 1.165) is 18.4 Å². The van der Waals surface area contributed by atoms with E-state index in [-0.39, 0.29) is 34.8 Å². The van der Waals surface area contributed by atoms with Crippen LogP contribution in [0.3, 0.4) is 0 Å². The predicted molar refractivity (Wildman–Crippen MR) is 156 cm³/mol. The maximum atomic E-state index is 16.1. The van der Waals surface area contributed by atoms with Crippen LogP contribution < -0.4 is 5.32 Å². The number of fused-ring (bicyclic) bond motifs is 2. The van der Waals surface area contributed by atoms with Crippen molar-refractivity contribution in [2.75, 3.05) is 18.6 Å². The van der Waals surface area contributed by atoms with E-state index < -0.39 is 21.5 Å². The zero-order valence-corrected chi connectivity index (χ0v) is 23.6. The zero-order chi connectivity index (χ0) is 29.4. The number of benzene rings is 1. The van der Waals surface area contributed by atoms with Crippen LogP contribution in [0, 0.1) is 11.6 Å². The lowest BCUT2D eigenvalue weighted by Crippen LogP contribution is -2.11. The van der Waals surface area contributed by atoms with Crippen LogP contribution in [0.25, 0.3) is 56.0 Å². The molecule has 10 nitrogen and oxygen atoms in total. The normalized spacial score (nSPS) is 12.0. The molecule has 0 aliphatic heterocycles. The number of nitrogens with zero attached hydrogens (tertiary/aromatic N) is 5. The Balaban J connectivity index is 1.42. The van der Waals surface area contributed by atoms with Gasteiger partial charge in [0.1, 0.15) is 27.0 Å². The van der Waals surface area contributed by atoms with Gasteiger partial charge in [0.25, 0.3) is 0 Å². The number of imidazole rings is 1. The number of aromatic nitrogens is 7. The summed E-state index contributed by atoms with van der Waals surface area (Å²) in [6.07, 6.45) is 7.66. The molecule has 0 bridgehead atoms. The molecule has 13 heteroatoms. The molecule has 0 spiro atoms. The minimum atomic E-state index is -3.22. The third-order valence-corrected chi connectivity index (χ3v) is 7.78. The van der Waals surface area contributed by atoms with Crippen LogP contribution in [0.5, 0.6) is 0 Å². The fourth-order valence-corrected chi connectivity index (χ4v) is 5.45. The Hall–Kier alpha value is -4.62. The average Bonchev–Trinajstić information content (AvgIpc) is 3.59. The number of pyridine rings is 3. The van der Waals surface area contributed by atoms with Crippen LogP contribution in [-0.2, 0) is 22.8 Å². The van der Waals surface area contributed by atoms with Gasteiger partial charge in [0, 0.05) is 42.5 Å². The minimum absolute atomic E-state index is 0.0967. The Morgan fingerprint density at radius 3 is 2.62 bits per heavy atom. The number of hydrogen-bond acceptors (Lipinski definition) is 8. The lowest BCUT2D eigenvalue weighted by atomic mass is 10.0. The van der Waals surface area contributed by atoms with Gasteiger partial charge in [-0.3, -0.25) is 15.1 Å². The van der Waals surface area contributed by atoms with Gasteiger partial charge >= 0.3 is 0 Å². The first kappa shape index (κ1) is 27.5. The first-order valence-electron chi connectivity index (χ1n) is 13.2. The van der Waals surface area contributed by atoms with Crippen molar-refractivity contribution in [3.05, 3.63) is 77.9 Å². The number of hydrogen-bond donors (Lipinski definition) is 3. The molecule has 5 aromatic heterocycles. The van der Waals surface area contributed by atoms with Crippen LogP contribution in [0.4, 0.5) is 8.78 Å². The fourth-order valence-electron chi connectivity index (χ4n) is 4.85. The van der Waals surface area contributed by atoms with Crippen LogP contribution in [0.1, 0.15) is 18.1 Å². The maximum absolute atomic E-state index is 16.1. The average molecular weight is 589 g/mol. The first-order valence-corrected chi connectivity index (χ1v) is 15.3. The third kappa shape index (κ3) is 5.48. The van der Waals surface area contributed by atoms with E-state index in [4.69, 9.17) is 0 Å². The van der Waals surface area contributed by atoms with Crippen LogP contribution in [0.15, 0.2) is 55.1 Å². The van der Waals surface area contributed by atoms with Crippen molar-refractivity contribution in [3.63, 3.8) is 0 Å². The molecule has 1 aromatic carbocycles. The lowest BCUT2D eigenvalue weighted by Gasteiger charge is -2.07. The molecule has 0 aliphatic carbocycles. The van der Waals surface area contributed by atoms with Crippen molar-refractivity contribution >= 4 is 31.9 Å². The van der Waals surface area contributed by atoms with Crippen molar-refractivity contribution in [2.45, 2.75) is 19.9 Å². The summed E-state index contributed by atoms with van der Waals surface area (Å²) in [5.41, 5.74) is 4.68. The molecule has 42 heavy (non-hydrogen) atoms. The van der Waals surface area contributed by atoms with Gasteiger partial charge in [0.05, 0.1) is 28.4 Å². The molecule has 214 valence electrons. The Labute approximate surface area is 239 Å². The second kappa shape index (κ2) is 11.0. The highest BCUT2D eigenvalue weighted by atomic mass is 32.2. The maximum Gasteiger partial charge on any atom is 0.178 e. The van der Waals surface area contributed by atoms with Crippen molar-refractivity contribution in [2.24, 2.45) is 0 Å². The van der Waals surface area contributed by atoms with E-state index in [0.29, 0.717) is 45.5 Å². The fraction of sp³-hybridized carbons (Fsp3) is 0.207. The number of aromatic amines is 2. The van der Waals surface area contributed by atoms with E-state index in [9.17, 15) is 12.8 Å². The third-order valence-electron chi connectivity index (χ3n) is 6.84. The van der Waals surface area contributed by atoms with Crippen molar-refractivity contribution < 1.29 is 17.2 Å². The number of rotatable bonds is 9. The monoisotopic (exact) mass is 588 g/mol. The van der Waals surface area contributed by atoms with E-state index in [1.54, 1.807) is 30.7 Å². The highest BCUT2D eigenvalue weighted by Gasteiger charge is 2.22. The molecule has 0 fully saturated rings. The number of aryl methyl sites for hydroxylation is 1. The molecule has 6 rings (SSSR count). The minimum Gasteiger partial charge on any atom is -0.335 e. The molecular weight excluding hydrogens is 562 g/mol. The highest BCUT2D eigenvalue weighted by molar-refractivity contribution is 7.90. The van der Waals surface area contributed by atoms with Gasteiger partial charge < -0.3 is 10.3 Å². The lowest BCUT2D eigenvalue weighted by molar-refractivity contribution is 0.600. The SMILES string of the molecule is CCNCc1cncc(-c2ncc3[nH]nc(-c4nc5nccc(-c6cc(F)cc(CCS(C)(=O)=O)c6)c5[nH]4)c3c2F)c1. The molecule has 5 heterocycles. The number of halogens is 2. The molecule has 3 N–H and O–H groups in total. The Morgan fingerprint density at radius 1 is 0.976 bits per heavy atom. The molecule has 0 saturated heterocycles. The largest absolute Gasteiger partial charge is 0.335 e. The Bertz CT molecular complexity index is 2060. The molecule has 0 unspecified atom stereocenters. The van der Waals surface area contributed by atoms with Crippen molar-refractivity contribution in [1.82, 2.24) is 40.4 Å². The summed E-state index contributed by atoms with van der Waals surface area (Å²) in [6.45, 7) is 3.39. The summed E-state index contributed by atoms with van der Waals surface area (Å²) in [4.78, 5) is 20.7. The molecule has 0 amide bonds. The molecule has 0 radical (unpaired) electrons. The molecule has 0 saturated carbocycles. The molecule has 0 atom stereocenters. The summed E-state index contributed by atoms with van der Waals surface area (Å²) in [7, 11) is -3.22. The molecule has 0 aliphatic rings. The van der Waals surface area contributed by atoms with Gasteiger partial charge in [-0.2, -0.15) is 5.10 Å². The quantitative estimate of drug-likeness (QED) is 0.223. The van der Waals surface area contributed by atoms with Gasteiger partial charge in [-0.1, -0.05) is 13.0 Å². The van der Waals surface area contributed by atoms with Gasteiger partial charge in [0.2, 0.25) is 0 Å². The van der Waals surface area contributed by atoms with Crippen LogP contribution >= 0.6 is 0 Å². The van der Waals surface area contributed by atoms with Crippen LogP contribution in [-0.4, -0.2) is 62.1 Å². The van der Waals surface area contributed by atoms with E-state index in [1.165, 1.54) is 18.3 Å². The van der Waals surface area contributed by atoms with Crippen molar-refractivity contribution in [3.8, 4) is 33.9 Å². The summed E-state index contributed by atoms with van der Waals surface area (Å²) >= 11 is 0. The van der Waals surface area contributed by atoms with Gasteiger partial charge in [-0.05, 0) is 53.9 Å². The second-order valence-electron chi connectivity index (χ2n) is 10.0. The molecular formula is C29H26F2N8O2S. The summed E-state index contributed by atoms with van der Waals surface area (Å²) in [5.74, 6) is -0.904. The standard InChI is InChI=1S/C29H26F2N8O2S/c1-3-32-12-17-9-19(14-33-13-17)25-24(31)23-22(15-35-25)38-39-27(23)29-36-26-21(4-6-34-28(26)37-29)18-8-16(10-20(30)11-18)5-7-42(2,40)41/h4,6,8-11,13-15,32H,3,5,7,12H2,1-2H3,(H,38,39)(H,34,36,37).